The Morgan fingerprint density at radius 3 is 2.83 bits per heavy atom. The summed E-state index contributed by atoms with van der Waals surface area (Å²) in [4.78, 5) is 24.3. The Kier molecular flexibility index (Phi) is 5.48. The van der Waals surface area contributed by atoms with E-state index in [4.69, 9.17) is 0 Å². The molecule has 5 nitrogen and oxygen atoms in total. The van der Waals surface area contributed by atoms with E-state index in [0.717, 1.165) is 28.3 Å². The highest BCUT2D eigenvalue weighted by molar-refractivity contribution is 7.99. The number of aromatic amines is 1. The monoisotopic (exact) mass is 340 g/mol. The van der Waals surface area contributed by atoms with Crippen LogP contribution < -0.4 is 5.32 Å². The third-order valence-corrected chi connectivity index (χ3v) is 4.64. The fraction of sp³-hybridized carbons (Fsp3) is 0.278. The Morgan fingerprint density at radius 2 is 2.08 bits per heavy atom. The number of fused-ring (bicyclic) bond motifs is 1. The molecule has 0 radical (unpaired) electrons. The number of carbonyl (C=O) groups is 1. The van der Waals surface area contributed by atoms with E-state index in [1.807, 2.05) is 49.4 Å². The smallest absolute Gasteiger partial charge is 0.221 e. The fourth-order valence-corrected chi connectivity index (χ4v) is 3.26. The average Bonchev–Trinajstić information content (AvgIpc) is 3.04. The summed E-state index contributed by atoms with van der Waals surface area (Å²) in [6, 6.07) is 13.6. The van der Waals surface area contributed by atoms with Gasteiger partial charge in [0.2, 0.25) is 5.91 Å². The number of pyridine rings is 1. The summed E-state index contributed by atoms with van der Waals surface area (Å²) in [5, 5.41) is 4.00. The number of hydrogen-bond acceptors (Lipinski definition) is 4. The second-order valence-corrected chi connectivity index (χ2v) is 6.55. The number of rotatable bonds is 7. The summed E-state index contributed by atoms with van der Waals surface area (Å²) in [7, 11) is 0. The molecule has 0 aliphatic rings. The van der Waals surface area contributed by atoms with E-state index in [1.54, 1.807) is 18.0 Å². The standard InChI is InChI=1S/C18H20N4OS/c1-2-13(18-21-14-7-3-4-8-15(14)22-18)20-16(23)10-12-24-17-9-5-6-11-19-17/h3-9,11,13H,2,10,12H2,1H3,(H,20,23)(H,21,22)/t13-/m1/s1. The normalized spacial score (nSPS) is 12.2. The van der Waals surface area contributed by atoms with Crippen molar-refractivity contribution < 1.29 is 4.79 Å². The lowest BCUT2D eigenvalue weighted by atomic mass is 10.2. The lowest BCUT2D eigenvalue weighted by Crippen LogP contribution is -2.29. The maximum Gasteiger partial charge on any atom is 0.221 e. The van der Waals surface area contributed by atoms with Crippen LogP contribution in [0.4, 0.5) is 0 Å². The number of thioether (sulfide) groups is 1. The van der Waals surface area contributed by atoms with Crippen molar-refractivity contribution in [1.29, 1.82) is 0 Å². The number of aromatic nitrogens is 3. The van der Waals surface area contributed by atoms with Gasteiger partial charge in [-0.1, -0.05) is 25.1 Å². The highest BCUT2D eigenvalue weighted by Crippen LogP contribution is 2.19. The molecule has 6 heteroatoms. The number of amides is 1. The zero-order valence-electron chi connectivity index (χ0n) is 13.5. The van der Waals surface area contributed by atoms with Gasteiger partial charge in [-0.15, -0.1) is 11.8 Å². The molecule has 24 heavy (non-hydrogen) atoms. The van der Waals surface area contributed by atoms with Gasteiger partial charge in [-0.3, -0.25) is 4.79 Å². The van der Waals surface area contributed by atoms with Crippen LogP contribution in [0.1, 0.15) is 31.6 Å². The van der Waals surface area contributed by atoms with Crippen molar-refractivity contribution in [1.82, 2.24) is 20.3 Å². The Hall–Kier alpha value is -2.34. The number of hydrogen-bond donors (Lipinski definition) is 2. The maximum atomic E-state index is 12.2. The van der Waals surface area contributed by atoms with Crippen LogP contribution in [0.25, 0.3) is 11.0 Å². The van der Waals surface area contributed by atoms with E-state index in [-0.39, 0.29) is 11.9 Å². The topological polar surface area (TPSA) is 70.7 Å². The molecule has 2 N–H and O–H groups in total. The minimum absolute atomic E-state index is 0.0331. The highest BCUT2D eigenvalue weighted by Gasteiger charge is 2.16. The maximum absolute atomic E-state index is 12.2. The summed E-state index contributed by atoms with van der Waals surface area (Å²) in [6.45, 7) is 2.04. The third kappa shape index (κ3) is 4.14. The first-order valence-corrected chi connectivity index (χ1v) is 9.02. The predicted molar refractivity (Wildman–Crippen MR) is 96.8 cm³/mol. The first-order chi connectivity index (χ1) is 11.8. The summed E-state index contributed by atoms with van der Waals surface area (Å²) < 4.78 is 0. The van der Waals surface area contributed by atoms with Crippen LogP contribution in [-0.4, -0.2) is 26.6 Å². The number of imidazole rings is 1. The van der Waals surface area contributed by atoms with E-state index in [9.17, 15) is 4.79 Å². The summed E-state index contributed by atoms with van der Waals surface area (Å²) in [5.41, 5.74) is 1.91. The molecule has 1 aromatic carbocycles. The molecule has 1 atom stereocenters. The molecule has 2 aromatic heterocycles. The van der Waals surface area contributed by atoms with Crippen molar-refractivity contribution in [2.24, 2.45) is 0 Å². The molecular formula is C18H20N4OS. The average molecular weight is 340 g/mol. The van der Waals surface area contributed by atoms with Gasteiger partial charge in [0.25, 0.3) is 0 Å². The van der Waals surface area contributed by atoms with E-state index >= 15 is 0 Å². The molecule has 0 saturated heterocycles. The van der Waals surface area contributed by atoms with Crippen molar-refractivity contribution in [3.05, 3.63) is 54.5 Å². The number of nitrogens with zero attached hydrogens (tertiary/aromatic N) is 2. The van der Waals surface area contributed by atoms with Gasteiger partial charge in [-0.2, -0.15) is 0 Å². The molecule has 3 rings (SSSR count). The van der Waals surface area contributed by atoms with Crippen LogP contribution in [-0.2, 0) is 4.79 Å². The third-order valence-electron chi connectivity index (χ3n) is 3.70. The Balaban J connectivity index is 1.55. The molecule has 3 aromatic rings. The molecule has 0 bridgehead atoms. The van der Waals surface area contributed by atoms with Crippen molar-refractivity contribution in [3.8, 4) is 0 Å². The molecule has 1 amide bonds. The summed E-state index contributed by atoms with van der Waals surface area (Å²) in [5.74, 6) is 1.55. The molecule has 0 spiro atoms. The lowest BCUT2D eigenvalue weighted by molar-refractivity contribution is -0.121. The van der Waals surface area contributed by atoms with Crippen molar-refractivity contribution in [2.75, 3.05) is 5.75 Å². The van der Waals surface area contributed by atoms with Crippen molar-refractivity contribution in [3.63, 3.8) is 0 Å². The molecule has 0 fully saturated rings. The van der Waals surface area contributed by atoms with Gasteiger partial charge in [0.15, 0.2) is 0 Å². The van der Waals surface area contributed by atoms with Gasteiger partial charge in [0.05, 0.1) is 22.1 Å². The van der Waals surface area contributed by atoms with E-state index < -0.39 is 0 Å². The molecule has 124 valence electrons. The molecule has 0 aliphatic carbocycles. The van der Waals surface area contributed by atoms with Crippen LogP contribution in [0.15, 0.2) is 53.7 Å². The van der Waals surface area contributed by atoms with Crippen LogP contribution >= 0.6 is 11.8 Å². The largest absolute Gasteiger partial charge is 0.346 e. The second-order valence-electron chi connectivity index (χ2n) is 5.43. The van der Waals surface area contributed by atoms with Gasteiger partial charge in [0, 0.05) is 18.4 Å². The SMILES string of the molecule is CC[C@@H](NC(=O)CCSc1ccccn1)c1nc2ccccc2[nH]1. The van der Waals surface area contributed by atoms with Crippen LogP contribution in [0.2, 0.25) is 0 Å². The zero-order valence-corrected chi connectivity index (χ0v) is 14.3. The molecular weight excluding hydrogens is 320 g/mol. The number of benzene rings is 1. The first kappa shape index (κ1) is 16.5. The molecule has 0 aliphatic heterocycles. The molecule has 2 heterocycles. The second kappa shape index (κ2) is 7.97. The van der Waals surface area contributed by atoms with E-state index in [2.05, 4.69) is 20.3 Å². The first-order valence-electron chi connectivity index (χ1n) is 8.04. The minimum atomic E-state index is -0.0928. The Bertz CT molecular complexity index is 770. The highest BCUT2D eigenvalue weighted by atomic mass is 32.2. The molecule has 0 saturated carbocycles. The molecule has 0 unspecified atom stereocenters. The zero-order chi connectivity index (χ0) is 16.8. The van der Waals surface area contributed by atoms with Gasteiger partial charge in [-0.05, 0) is 30.7 Å². The van der Waals surface area contributed by atoms with Gasteiger partial charge in [-0.25, -0.2) is 9.97 Å². The van der Waals surface area contributed by atoms with Gasteiger partial charge in [0.1, 0.15) is 5.82 Å². The summed E-state index contributed by atoms with van der Waals surface area (Å²) in [6.07, 6.45) is 3.01. The van der Waals surface area contributed by atoms with Crippen LogP contribution in [0, 0.1) is 0 Å². The Labute approximate surface area is 145 Å². The summed E-state index contributed by atoms with van der Waals surface area (Å²) >= 11 is 1.59. The number of carbonyl (C=O) groups excluding carboxylic acids is 1. The minimum Gasteiger partial charge on any atom is -0.346 e. The predicted octanol–water partition coefficient (Wildman–Crippen LogP) is 3.71. The van der Waals surface area contributed by atoms with Gasteiger partial charge >= 0.3 is 0 Å². The fourth-order valence-electron chi connectivity index (χ4n) is 2.45. The number of H-pyrrole nitrogens is 1. The lowest BCUT2D eigenvalue weighted by Gasteiger charge is -2.14. The van der Waals surface area contributed by atoms with Crippen LogP contribution in [0.5, 0.6) is 0 Å². The van der Waals surface area contributed by atoms with Crippen molar-refractivity contribution in [2.45, 2.75) is 30.8 Å². The van der Waals surface area contributed by atoms with Crippen LogP contribution in [0.3, 0.4) is 0 Å². The van der Waals surface area contributed by atoms with Crippen molar-refractivity contribution >= 4 is 28.7 Å². The van der Waals surface area contributed by atoms with E-state index in [1.165, 1.54) is 0 Å². The van der Waals surface area contributed by atoms with E-state index in [0.29, 0.717) is 12.2 Å². The number of nitrogens with one attached hydrogen (secondary N) is 2. The number of para-hydroxylation sites is 2. The van der Waals surface area contributed by atoms with Gasteiger partial charge < -0.3 is 10.3 Å². The quantitative estimate of drug-likeness (QED) is 0.643. The Morgan fingerprint density at radius 1 is 1.25 bits per heavy atom.